The molecule has 0 bridgehead atoms. The van der Waals surface area contributed by atoms with Crippen molar-refractivity contribution in [2.24, 2.45) is 0 Å². The lowest BCUT2D eigenvalue weighted by Crippen LogP contribution is -2.12. The van der Waals surface area contributed by atoms with Gasteiger partial charge in [0.2, 0.25) is 0 Å². The standard InChI is InChI=1S/C18H21NO4/c1-4-9-23-15-7-5-13(6-8-15)18(20)19-14-10-16(21-2)12-17(11-14)22-3/h5-8,10-12H,4,9H2,1-3H3,(H,19,20). The van der Waals surface area contributed by atoms with Gasteiger partial charge in [0.05, 0.1) is 20.8 Å². The summed E-state index contributed by atoms with van der Waals surface area (Å²) in [7, 11) is 3.13. The lowest BCUT2D eigenvalue weighted by atomic mass is 10.2. The summed E-state index contributed by atoms with van der Waals surface area (Å²) in [4.78, 5) is 12.3. The fraction of sp³-hybridized carbons (Fsp3) is 0.278. The molecule has 5 nitrogen and oxygen atoms in total. The summed E-state index contributed by atoms with van der Waals surface area (Å²) in [6, 6.07) is 12.3. The molecule has 1 amide bonds. The van der Waals surface area contributed by atoms with E-state index in [1.165, 1.54) is 0 Å². The zero-order valence-corrected chi connectivity index (χ0v) is 13.6. The third-order valence-electron chi connectivity index (χ3n) is 3.20. The van der Waals surface area contributed by atoms with E-state index in [2.05, 4.69) is 5.32 Å². The van der Waals surface area contributed by atoms with Crippen molar-refractivity contribution in [1.29, 1.82) is 0 Å². The van der Waals surface area contributed by atoms with Gasteiger partial charge in [-0.3, -0.25) is 4.79 Å². The number of hydrogen-bond donors (Lipinski definition) is 1. The monoisotopic (exact) mass is 315 g/mol. The Hall–Kier alpha value is -2.69. The molecule has 0 atom stereocenters. The predicted octanol–water partition coefficient (Wildman–Crippen LogP) is 3.74. The Bertz CT molecular complexity index is 630. The molecule has 2 rings (SSSR count). The normalized spacial score (nSPS) is 10.0. The van der Waals surface area contributed by atoms with E-state index in [4.69, 9.17) is 14.2 Å². The Morgan fingerprint density at radius 2 is 1.57 bits per heavy atom. The zero-order valence-electron chi connectivity index (χ0n) is 13.6. The first-order valence-electron chi connectivity index (χ1n) is 7.43. The van der Waals surface area contributed by atoms with Crippen molar-refractivity contribution in [2.75, 3.05) is 26.1 Å². The molecule has 1 N–H and O–H groups in total. The van der Waals surface area contributed by atoms with Gasteiger partial charge in [-0.15, -0.1) is 0 Å². The van der Waals surface area contributed by atoms with Gasteiger partial charge in [0.25, 0.3) is 5.91 Å². The molecule has 0 unspecified atom stereocenters. The molecule has 0 heterocycles. The minimum absolute atomic E-state index is 0.206. The molecular weight excluding hydrogens is 294 g/mol. The van der Waals surface area contributed by atoms with Gasteiger partial charge in [-0.05, 0) is 30.7 Å². The number of nitrogens with one attached hydrogen (secondary N) is 1. The third kappa shape index (κ3) is 4.64. The SMILES string of the molecule is CCCOc1ccc(C(=O)Nc2cc(OC)cc(OC)c2)cc1. The average Bonchev–Trinajstić information content (AvgIpc) is 2.59. The number of rotatable bonds is 7. The second-order valence-corrected chi connectivity index (χ2v) is 4.93. The van der Waals surface area contributed by atoms with Crippen LogP contribution in [0.4, 0.5) is 5.69 Å². The minimum atomic E-state index is -0.206. The van der Waals surface area contributed by atoms with Gasteiger partial charge in [0, 0.05) is 29.4 Å². The van der Waals surface area contributed by atoms with Crippen LogP contribution >= 0.6 is 0 Å². The Labute approximate surface area is 136 Å². The molecule has 0 aliphatic heterocycles. The molecule has 0 fully saturated rings. The maximum absolute atomic E-state index is 12.3. The van der Waals surface area contributed by atoms with Gasteiger partial charge >= 0.3 is 0 Å². The summed E-state index contributed by atoms with van der Waals surface area (Å²) in [6.07, 6.45) is 0.944. The number of amides is 1. The van der Waals surface area contributed by atoms with Crippen LogP contribution in [0, 0.1) is 0 Å². The first-order chi connectivity index (χ1) is 11.2. The summed E-state index contributed by atoms with van der Waals surface area (Å²) < 4.78 is 15.9. The average molecular weight is 315 g/mol. The van der Waals surface area contributed by atoms with Crippen LogP contribution in [0.25, 0.3) is 0 Å². The van der Waals surface area contributed by atoms with Gasteiger partial charge in [-0.25, -0.2) is 0 Å². The van der Waals surface area contributed by atoms with E-state index in [0.29, 0.717) is 29.4 Å². The summed E-state index contributed by atoms with van der Waals surface area (Å²) >= 11 is 0. The third-order valence-corrected chi connectivity index (χ3v) is 3.20. The number of carbonyl (C=O) groups excluding carboxylic acids is 1. The van der Waals surface area contributed by atoms with E-state index >= 15 is 0 Å². The number of anilines is 1. The maximum atomic E-state index is 12.3. The van der Waals surface area contributed by atoms with Crippen LogP contribution in [0.5, 0.6) is 17.2 Å². The van der Waals surface area contributed by atoms with E-state index < -0.39 is 0 Å². The summed E-state index contributed by atoms with van der Waals surface area (Å²) in [5, 5.41) is 2.83. The van der Waals surface area contributed by atoms with E-state index in [9.17, 15) is 4.79 Å². The van der Waals surface area contributed by atoms with Crippen molar-refractivity contribution in [2.45, 2.75) is 13.3 Å². The quantitative estimate of drug-likeness (QED) is 0.845. The van der Waals surface area contributed by atoms with Gasteiger partial charge in [0.1, 0.15) is 17.2 Å². The van der Waals surface area contributed by atoms with E-state index in [-0.39, 0.29) is 5.91 Å². The molecule has 0 saturated heterocycles. The number of carbonyl (C=O) groups is 1. The molecule has 2 aromatic carbocycles. The van der Waals surface area contributed by atoms with E-state index in [1.54, 1.807) is 56.7 Å². The molecule has 0 aliphatic rings. The molecule has 23 heavy (non-hydrogen) atoms. The molecule has 0 radical (unpaired) electrons. The second-order valence-electron chi connectivity index (χ2n) is 4.93. The number of hydrogen-bond acceptors (Lipinski definition) is 4. The highest BCUT2D eigenvalue weighted by atomic mass is 16.5. The van der Waals surface area contributed by atoms with E-state index in [1.807, 2.05) is 6.92 Å². The topological polar surface area (TPSA) is 56.8 Å². The van der Waals surface area contributed by atoms with Crippen LogP contribution in [0.3, 0.4) is 0 Å². The fourth-order valence-electron chi connectivity index (χ4n) is 2.01. The Morgan fingerprint density at radius 1 is 0.957 bits per heavy atom. The first kappa shape index (κ1) is 16.7. The molecule has 0 aromatic heterocycles. The maximum Gasteiger partial charge on any atom is 0.255 e. The Balaban J connectivity index is 2.09. The highest BCUT2D eigenvalue weighted by Gasteiger charge is 2.09. The molecule has 0 saturated carbocycles. The minimum Gasteiger partial charge on any atom is -0.497 e. The lowest BCUT2D eigenvalue weighted by molar-refractivity contribution is 0.102. The van der Waals surface area contributed by atoms with Gasteiger partial charge in [-0.1, -0.05) is 6.92 Å². The molecule has 5 heteroatoms. The zero-order chi connectivity index (χ0) is 16.7. The number of methoxy groups -OCH3 is 2. The molecular formula is C18H21NO4. The van der Waals surface area contributed by atoms with E-state index in [0.717, 1.165) is 12.2 Å². The van der Waals surface area contributed by atoms with Crippen LogP contribution < -0.4 is 19.5 Å². The summed E-state index contributed by atoms with van der Waals surface area (Å²) in [6.45, 7) is 2.71. The van der Waals surface area contributed by atoms with Crippen molar-refractivity contribution >= 4 is 11.6 Å². The highest BCUT2D eigenvalue weighted by Crippen LogP contribution is 2.26. The smallest absolute Gasteiger partial charge is 0.255 e. The molecule has 2 aromatic rings. The van der Waals surface area contributed by atoms with Crippen LogP contribution in [0.1, 0.15) is 23.7 Å². The molecule has 0 spiro atoms. The number of ether oxygens (including phenoxy) is 3. The largest absolute Gasteiger partial charge is 0.497 e. The van der Waals surface area contributed by atoms with Crippen molar-refractivity contribution in [3.8, 4) is 17.2 Å². The summed E-state index contributed by atoms with van der Waals surface area (Å²) in [5.41, 5.74) is 1.16. The molecule has 122 valence electrons. The fourth-order valence-corrected chi connectivity index (χ4v) is 2.01. The van der Waals surface area contributed by atoms with Crippen LogP contribution in [-0.2, 0) is 0 Å². The highest BCUT2D eigenvalue weighted by molar-refractivity contribution is 6.04. The lowest BCUT2D eigenvalue weighted by Gasteiger charge is -2.10. The Kier molecular flexibility index (Phi) is 5.86. The number of benzene rings is 2. The first-order valence-corrected chi connectivity index (χ1v) is 7.43. The van der Waals surface area contributed by atoms with Crippen molar-refractivity contribution < 1.29 is 19.0 Å². The predicted molar refractivity (Wildman–Crippen MR) is 89.7 cm³/mol. The molecule has 0 aliphatic carbocycles. The van der Waals surface area contributed by atoms with Crippen molar-refractivity contribution in [1.82, 2.24) is 0 Å². The van der Waals surface area contributed by atoms with Crippen LogP contribution in [0.2, 0.25) is 0 Å². The summed E-state index contributed by atoms with van der Waals surface area (Å²) in [5.74, 6) is 1.78. The van der Waals surface area contributed by atoms with Crippen molar-refractivity contribution in [3.05, 3.63) is 48.0 Å². The van der Waals surface area contributed by atoms with Crippen LogP contribution in [0.15, 0.2) is 42.5 Å². The van der Waals surface area contributed by atoms with Crippen LogP contribution in [-0.4, -0.2) is 26.7 Å². The van der Waals surface area contributed by atoms with Gasteiger partial charge in [0.15, 0.2) is 0 Å². The second kappa shape index (κ2) is 8.08. The van der Waals surface area contributed by atoms with Gasteiger partial charge < -0.3 is 19.5 Å². The van der Waals surface area contributed by atoms with Gasteiger partial charge in [-0.2, -0.15) is 0 Å². The Morgan fingerprint density at radius 3 is 2.09 bits per heavy atom. The van der Waals surface area contributed by atoms with Crippen molar-refractivity contribution in [3.63, 3.8) is 0 Å².